The van der Waals surface area contributed by atoms with Crippen LogP contribution in [0, 0.1) is 0 Å². The lowest BCUT2D eigenvalue weighted by atomic mass is 9.81. The summed E-state index contributed by atoms with van der Waals surface area (Å²) in [5, 5.41) is 5.56. The van der Waals surface area contributed by atoms with E-state index in [1.165, 1.54) is 82.9 Å². The zero-order chi connectivity index (χ0) is 25.0. The topological polar surface area (TPSA) is 9.34 Å². The van der Waals surface area contributed by atoms with Gasteiger partial charge >= 0.3 is 0 Å². The lowest BCUT2D eigenvalue weighted by Gasteiger charge is -2.23. The Hall–Kier alpha value is -4.04. The zero-order valence-corrected chi connectivity index (χ0v) is 21.9. The molecular formula is C35H28N2. The average Bonchev–Trinajstić information content (AvgIpc) is 3.50. The summed E-state index contributed by atoms with van der Waals surface area (Å²) in [4.78, 5) is 0. The molecular weight excluding hydrogens is 448 g/mol. The molecule has 0 saturated heterocycles. The van der Waals surface area contributed by atoms with Crippen LogP contribution in [-0.2, 0) is 17.9 Å². The molecule has 2 aliphatic carbocycles. The standard InChI is InChI=1S/C35H28N2/c1-34(2)24-15-9-7-12-20(24)32-30(34)22-17-18-26-29-28-21(13-10-16-25(28)36(26)5)27-19-11-6-8-14-23(19)35(3,4)33(27)37(32)31(22)29/h6-18H,1-5H3. The number of benzene rings is 4. The van der Waals surface area contributed by atoms with Crippen molar-refractivity contribution >= 4 is 38.1 Å². The zero-order valence-electron chi connectivity index (χ0n) is 21.9. The fourth-order valence-corrected chi connectivity index (χ4v) is 8.27. The first kappa shape index (κ1) is 20.1. The predicted octanol–water partition coefficient (Wildman–Crippen LogP) is 8.79. The third-order valence-electron chi connectivity index (χ3n) is 9.80. The molecule has 0 radical (unpaired) electrons. The van der Waals surface area contributed by atoms with E-state index in [-0.39, 0.29) is 10.8 Å². The molecule has 2 heteroatoms. The summed E-state index contributed by atoms with van der Waals surface area (Å²) in [6, 6.07) is 29.8. The van der Waals surface area contributed by atoms with E-state index in [9.17, 15) is 0 Å². The van der Waals surface area contributed by atoms with Crippen LogP contribution in [0.1, 0.15) is 50.1 Å². The molecule has 0 saturated carbocycles. The molecule has 0 bridgehead atoms. The number of hydrogen-bond acceptors (Lipinski definition) is 0. The number of aryl methyl sites for hydroxylation is 1. The van der Waals surface area contributed by atoms with Crippen molar-refractivity contribution in [3.05, 3.63) is 101 Å². The van der Waals surface area contributed by atoms with Gasteiger partial charge in [-0.1, -0.05) is 94.4 Å². The second-order valence-corrected chi connectivity index (χ2v) is 12.2. The third-order valence-corrected chi connectivity index (χ3v) is 9.80. The second kappa shape index (κ2) is 5.92. The van der Waals surface area contributed by atoms with Crippen molar-refractivity contribution in [1.29, 1.82) is 0 Å². The Morgan fingerprint density at radius 2 is 1.27 bits per heavy atom. The summed E-state index contributed by atoms with van der Waals surface area (Å²) in [7, 11) is 2.23. The Balaban J connectivity index is 1.71. The third kappa shape index (κ3) is 1.96. The Labute approximate surface area is 216 Å². The van der Waals surface area contributed by atoms with Gasteiger partial charge in [-0.15, -0.1) is 0 Å². The Morgan fingerprint density at radius 1 is 0.595 bits per heavy atom. The number of aromatic nitrogens is 2. The molecule has 3 heterocycles. The molecule has 37 heavy (non-hydrogen) atoms. The van der Waals surface area contributed by atoms with Gasteiger partial charge in [-0.2, -0.15) is 0 Å². The molecule has 2 aliphatic rings. The second-order valence-electron chi connectivity index (χ2n) is 12.2. The first-order valence-corrected chi connectivity index (χ1v) is 13.4. The Morgan fingerprint density at radius 3 is 2.05 bits per heavy atom. The van der Waals surface area contributed by atoms with Crippen LogP contribution in [0.15, 0.2) is 78.9 Å². The highest BCUT2D eigenvalue weighted by atomic mass is 15.0. The minimum absolute atomic E-state index is 0.0635. The highest BCUT2D eigenvalue weighted by molar-refractivity contribution is 6.29. The number of fused-ring (bicyclic) bond motifs is 10. The van der Waals surface area contributed by atoms with Crippen LogP contribution in [0.25, 0.3) is 60.5 Å². The highest BCUT2D eigenvalue weighted by Crippen LogP contribution is 2.59. The molecule has 2 nitrogen and oxygen atoms in total. The summed E-state index contributed by atoms with van der Waals surface area (Å²) in [6.45, 7) is 9.68. The van der Waals surface area contributed by atoms with Gasteiger partial charge in [-0.05, 0) is 39.8 Å². The smallest absolute Gasteiger partial charge is 0.0636 e. The lowest BCUT2D eigenvalue weighted by molar-refractivity contribution is 0.629. The van der Waals surface area contributed by atoms with Crippen LogP contribution in [0.2, 0.25) is 0 Å². The minimum atomic E-state index is -0.136. The van der Waals surface area contributed by atoms with E-state index in [0.29, 0.717) is 0 Å². The van der Waals surface area contributed by atoms with Crippen molar-refractivity contribution in [1.82, 2.24) is 8.97 Å². The quantitative estimate of drug-likeness (QED) is 0.207. The summed E-state index contributed by atoms with van der Waals surface area (Å²) in [5.41, 5.74) is 15.1. The van der Waals surface area contributed by atoms with Gasteiger partial charge in [0.2, 0.25) is 0 Å². The number of rotatable bonds is 0. The Kier molecular flexibility index (Phi) is 3.21. The summed E-state index contributed by atoms with van der Waals surface area (Å²) in [5.74, 6) is 0. The number of hydrogen-bond donors (Lipinski definition) is 0. The molecule has 178 valence electrons. The van der Waals surface area contributed by atoms with Crippen LogP contribution >= 0.6 is 0 Å². The predicted molar refractivity (Wildman–Crippen MR) is 155 cm³/mol. The first-order valence-electron chi connectivity index (χ1n) is 13.4. The molecule has 0 spiro atoms. The van der Waals surface area contributed by atoms with E-state index in [0.717, 1.165) is 0 Å². The van der Waals surface area contributed by atoms with Crippen molar-refractivity contribution in [2.24, 2.45) is 7.05 Å². The van der Waals surface area contributed by atoms with Crippen LogP contribution in [0.5, 0.6) is 0 Å². The molecule has 0 unspecified atom stereocenters. The van der Waals surface area contributed by atoms with Crippen LogP contribution < -0.4 is 0 Å². The van der Waals surface area contributed by atoms with Gasteiger partial charge in [0.25, 0.3) is 0 Å². The molecule has 0 fully saturated rings. The van der Waals surface area contributed by atoms with Crippen molar-refractivity contribution in [3.63, 3.8) is 0 Å². The van der Waals surface area contributed by atoms with Crippen LogP contribution in [0.4, 0.5) is 0 Å². The maximum atomic E-state index is 2.70. The van der Waals surface area contributed by atoms with Gasteiger partial charge in [-0.3, -0.25) is 0 Å². The lowest BCUT2D eigenvalue weighted by Crippen LogP contribution is -2.18. The number of nitrogens with zero attached hydrogens (tertiary/aromatic N) is 2. The van der Waals surface area contributed by atoms with E-state index in [2.05, 4.69) is 123 Å². The van der Waals surface area contributed by atoms with Crippen LogP contribution in [0.3, 0.4) is 0 Å². The van der Waals surface area contributed by atoms with Gasteiger partial charge in [0.15, 0.2) is 0 Å². The van der Waals surface area contributed by atoms with Crippen LogP contribution in [-0.4, -0.2) is 8.97 Å². The van der Waals surface area contributed by atoms with Crippen molar-refractivity contribution < 1.29 is 0 Å². The van der Waals surface area contributed by atoms with E-state index < -0.39 is 0 Å². The fraction of sp³-hybridized carbons (Fsp3) is 0.200. The monoisotopic (exact) mass is 476 g/mol. The van der Waals surface area contributed by atoms with Crippen molar-refractivity contribution in [3.8, 4) is 22.4 Å². The molecule has 3 aromatic heterocycles. The van der Waals surface area contributed by atoms with Crippen molar-refractivity contribution in [2.45, 2.75) is 38.5 Å². The highest BCUT2D eigenvalue weighted by Gasteiger charge is 2.45. The van der Waals surface area contributed by atoms with E-state index >= 15 is 0 Å². The summed E-state index contributed by atoms with van der Waals surface area (Å²) < 4.78 is 5.10. The van der Waals surface area contributed by atoms with Gasteiger partial charge in [-0.25, -0.2) is 0 Å². The largest absolute Gasteiger partial charge is 0.344 e. The molecule has 9 rings (SSSR count). The molecule has 0 atom stereocenters. The maximum Gasteiger partial charge on any atom is 0.0636 e. The SMILES string of the molecule is Cn1c2cccc3c4c(n5c6c(c7ccc1c(c32)c75)C(C)(C)c1ccccc1-6)C(C)(C)c1ccccc1-4. The van der Waals surface area contributed by atoms with Gasteiger partial charge in [0.1, 0.15) is 0 Å². The summed E-state index contributed by atoms with van der Waals surface area (Å²) >= 11 is 0. The van der Waals surface area contributed by atoms with Gasteiger partial charge < -0.3 is 8.97 Å². The molecule has 4 aromatic carbocycles. The molecule has 0 amide bonds. The fourth-order valence-electron chi connectivity index (χ4n) is 8.27. The maximum absolute atomic E-state index is 2.70. The summed E-state index contributed by atoms with van der Waals surface area (Å²) in [6.07, 6.45) is 0. The van der Waals surface area contributed by atoms with E-state index in [1.807, 2.05) is 0 Å². The molecule has 7 aromatic rings. The van der Waals surface area contributed by atoms with E-state index in [1.54, 1.807) is 0 Å². The van der Waals surface area contributed by atoms with E-state index in [4.69, 9.17) is 0 Å². The Bertz CT molecular complexity index is 2140. The van der Waals surface area contributed by atoms with Gasteiger partial charge in [0.05, 0.1) is 16.7 Å². The normalized spacial score (nSPS) is 16.7. The van der Waals surface area contributed by atoms with Crippen molar-refractivity contribution in [2.75, 3.05) is 0 Å². The average molecular weight is 477 g/mol. The molecule has 0 aliphatic heterocycles. The van der Waals surface area contributed by atoms with Gasteiger partial charge in [0, 0.05) is 56.4 Å². The minimum Gasteiger partial charge on any atom is -0.344 e. The molecule has 0 N–H and O–H groups in total. The first-order chi connectivity index (χ1) is 17.8.